The van der Waals surface area contributed by atoms with Crippen LogP contribution in [-0.4, -0.2) is 6.54 Å². The van der Waals surface area contributed by atoms with E-state index in [0.29, 0.717) is 27.0 Å². The Morgan fingerprint density at radius 1 is 1.25 bits per heavy atom. The lowest BCUT2D eigenvalue weighted by molar-refractivity contribution is -0.618. The summed E-state index contributed by atoms with van der Waals surface area (Å²) in [7, 11) is 0. The van der Waals surface area contributed by atoms with Crippen LogP contribution in [-0.2, 0) is 0 Å². The van der Waals surface area contributed by atoms with E-state index in [4.69, 9.17) is 0 Å². The molecule has 1 N–H and O–H groups in total. The van der Waals surface area contributed by atoms with E-state index in [1.165, 1.54) is 6.20 Å². The Labute approximate surface area is 92.4 Å². The Kier molecular flexibility index (Phi) is 2.59. The average molecular weight is 217 g/mol. The first-order valence-electron chi connectivity index (χ1n) is 4.83. The van der Waals surface area contributed by atoms with Gasteiger partial charge in [0.1, 0.15) is 6.54 Å². The van der Waals surface area contributed by atoms with Gasteiger partial charge in [0, 0.05) is 6.07 Å². The monoisotopic (exact) mass is 217 g/mol. The summed E-state index contributed by atoms with van der Waals surface area (Å²) < 4.78 is 1.38. The predicted molar refractivity (Wildman–Crippen MR) is 60.6 cm³/mol. The SMILES string of the molecule is C=CCNc1c[n+]([O-])c2ccccc2[n+]1[O-]. The second-order valence-corrected chi connectivity index (χ2v) is 3.29. The fourth-order valence-electron chi connectivity index (χ4n) is 1.48. The van der Waals surface area contributed by atoms with Crippen molar-refractivity contribution in [2.75, 3.05) is 11.9 Å². The number of rotatable bonds is 3. The van der Waals surface area contributed by atoms with Crippen LogP contribution in [0.2, 0.25) is 0 Å². The van der Waals surface area contributed by atoms with Crippen LogP contribution >= 0.6 is 0 Å². The smallest absolute Gasteiger partial charge is 0.345 e. The Morgan fingerprint density at radius 3 is 2.62 bits per heavy atom. The molecular formula is C11H11N3O2. The molecule has 2 rings (SSSR count). The van der Waals surface area contributed by atoms with Crippen LogP contribution < -0.4 is 14.8 Å². The molecule has 0 radical (unpaired) electrons. The number of hydrogen-bond donors (Lipinski definition) is 1. The average Bonchev–Trinajstić information content (AvgIpc) is 2.32. The Morgan fingerprint density at radius 2 is 1.94 bits per heavy atom. The highest BCUT2D eigenvalue weighted by Crippen LogP contribution is 2.07. The van der Waals surface area contributed by atoms with Crippen molar-refractivity contribution >= 4 is 16.9 Å². The molecular weight excluding hydrogens is 206 g/mol. The molecule has 0 saturated carbocycles. The van der Waals surface area contributed by atoms with Crippen molar-refractivity contribution in [3.05, 3.63) is 53.5 Å². The van der Waals surface area contributed by atoms with Crippen molar-refractivity contribution in [3.63, 3.8) is 0 Å². The van der Waals surface area contributed by atoms with Crippen molar-refractivity contribution < 1.29 is 9.46 Å². The maximum Gasteiger partial charge on any atom is 0.345 e. The maximum atomic E-state index is 11.9. The van der Waals surface area contributed by atoms with Crippen LogP contribution in [0.15, 0.2) is 43.1 Å². The van der Waals surface area contributed by atoms with Crippen molar-refractivity contribution in [1.29, 1.82) is 0 Å². The standard InChI is InChI=1S/C11H11N3O2/c1-2-7-12-11-8-13(15)9-5-3-4-6-10(9)14(11)16/h2-6,8,12H,1,7H2. The summed E-state index contributed by atoms with van der Waals surface area (Å²) in [6.07, 6.45) is 2.84. The highest BCUT2D eigenvalue weighted by atomic mass is 16.5. The highest BCUT2D eigenvalue weighted by molar-refractivity contribution is 5.67. The molecule has 0 aliphatic rings. The normalized spacial score (nSPS) is 10.2. The van der Waals surface area contributed by atoms with Gasteiger partial charge in [0.05, 0.1) is 0 Å². The van der Waals surface area contributed by atoms with Gasteiger partial charge >= 0.3 is 5.82 Å². The number of benzene rings is 1. The van der Waals surface area contributed by atoms with Gasteiger partial charge in [-0.1, -0.05) is 24.8 Å². The van der Waals surface area contributed by atoms with E-state index in [9.17, 15) is 10.4 Å². The molecule has 0 fully saturated rings. The molecule has 0 atom stereocenters. The summed E-state index contributed by atoms with van der Waals surface area (Å²) in [6.45, 7) is 3.96. The van der Waals surface area contributed by atoms with Crippen LogP contribution in [0.1, 0.15) is 0 Å². The quantitative estimate of drug-likeness (QED) is 0.467. The van der Waals surface area contributed by atoms with Crippen molar-refractivity contribution in [2.45, 2.75) is 0 Å². The van der Waals surface area contributed by atoms with Gasteiger partial charge in [0.2, 0.25) is 5.52 Å². The van der Waals surface area contributed by atoms with E-state index in [-0.39, 0.29) is 5.82 Å². The minimum Gasteiger partial charge on any atom is -0.710 e. The maximum absolute atomic E-state index is 11.9. The summed E-state index contributed by atoms with van der Waals surface area (Å²) >= 11 is 0. The minimum absolute atomic E-state index is 0.216. The van der Waals surface area contributed by atoms with Crippen molar-refractivity contribution in [1.82, 2.24) is 0 Å². The van der Waals surface area contributed by atoms with E-state index in [1.54, 1.807) is 30.3 Å². The predicted octanol–water partition coefficient (Wildman–Crippen LogP) is 0.704. The number of aromatic nitrogens is 2. The fraction of sp³-hybridized carbons (Fsp3) is 0.0909. The fourth-order valence-corrected chi connectivity index (χ4v) is 1.48. The summed E-state index contributed by atoms with van der Waals surface area (Å²) in [5.41, 5.74) is 0.688. The lowest BCUT2D eigenvalue weighted by Crippen LogP contribution is -2.40. The van der Waals surface area contributed by atoms with Gasteiger partial charge < -0.3 is 10.4 Å². The first-order valence-corrected chi connectivity index (χ1v) is 4.83. The molecule has 2 aromatic rings. The second kappa shape index (κ2) is 4.06. The van der Waals surface area contributed by atoms with Crippen LogP contribution in [0, 0.1) is 10.4 Å². The highest BCUT2D eigenvalue weighted by Gasteiger charge is 2.14. The zero-order chi connectivity index (χ0) is 11.5. The lowest BCUT2D eigenvalue weighted by atomic mass is 10.3. The number of anilines is 1. The van der Waals surface area contributed by atoms with Gasteiger partial charge in [-0.3, -0.25) is 5.32 Å². The number of hydrogen-bond acceptors (Lipinski definition) is 3. The summed E-state index contributed by atoms with van der Waals surface area (Å²) in [4.78, 5) is 0. The van der Waals surface area contributed by atoms with E-state index >= 15 is 0 Å². The zero-order valence-corrected chi connectivity index (χ0v) is 8.59. The first kappa shape index (κ1) is 10.2. The molecule has 1 aromatic heterocycles. The summed E-state index contributed by atoms with van der Waals surface area (Å²) in [5.74, 6) is 0.216. The molecule has 0 aliphatic heterocycles. The van der Waals surface area contributed by atoms with Crippen LogP contribution in [0.3, 0.4) is 0 Å². The third-order valence-corrected chi connectivity index (χ3v) is 2.22. The van der Waals surface area contributed by atoms with Crippen LogP contribution in [0.25, 0.3) is 11.0 Å². The Hall–Kier alpha value is -2.30. The number of nitrogens with one attached hydrogen (secondary N) is 1. The van der Waals surface area contributed by atoms with Crippen molar-refractivity contribution in [2.24, 2.45) is 0 Å². The number of para-hydroxylation sites is 2. The second-order valence-electron chi connectivity index (χ2n) is 3.29. The Balaban J connectivity index is 2.60. The zero-order valence-electron chi connectivity index (χ0n) is 8.59. The first-order chi connectivity index (χ1) is 7.74. The molecule has 0 unspecified atom stereocenters. The van der Waals surface area contributed by atoms with Crippen LogP contribution in [0.5, 0.6) is 0 Å². The van der Waals surface area contributed by atoms with E-state index in [1.807, 2.05) is 0 Å². The number of fused-ring (bicyclic) bond motifs is 1. The summed E-state index contributed by atoms with van der Waals surface area (Å²) in [6, 6.07) is 6.64. The molecule has 0 aliphatic carbocycles. The van der Waals surface area contributed by atoms with Crippen molar-refractivity contribution in [3.8, 4) is 0 Å². The molecule has 1 heterocycles. The summed E-state index contributed by atoms with van der Waals surface area (Å²) in [5, 5.41) is 26.3. The lowest BCUT2D eigenvalue weighted by Gasteiger charge is -2.10. The molecule has 16 heavy (non-hydrogen) atoms. The minimum atomic E-state index is 0.216. The molecule has 0 saturated heterocycles. The van der Waals surface area contributed by atoms with Crippen LogP contribution in [0.4, 0.5) is 5.82 Å². The molecule has 1 aromatic carbocycles. The molecule has 0 amide bonds. The van der Waals surface area contributed by atoms with E-state index in [2.05, 4.69) is 11.9 Å². The van der Waals surface area contributed by atoms with Gasteiger partial charge in [-0.15, -0.1) is 0 Å². The molecule has 5 heteroatoms. The third-order valence-electron chi connectivity index (χ3n) is 2.22. The topological polar surface area (TPSA) is 65.9 Å². The molecule has 0 spiro atoms. The Bertz CT molecular complexity index is 540. The number of nitrogens with zero attached hydrogens (tertiary/aromatic N) is 2. The van der Waals surface area contributed by atoms with Gasteiger partial charge in [-0.25, -0.2) is 4.73 Å². The van der Waals surface area contributed by atoms with E-state index in [0.717, 1.165) is 0 Å². The molecule has 5 nitrogen and oxygen atoms in total. The largest absolute Gasteiger partial charge is 0.710 e. The third kappa shape index (κ3) is 1.63. The van der Waals surface area contributed by atoms with Gasteiger partial charge in [0.15, 0.2) is 0 Å². The van der Waals surface area contributed by atoms with Gasteiger partial charge in [-0.2, -0.15) is 4.73 Å². The molecule has 0 bridgehead atoms. The van der Waals surface area contributed by atoms with Gasteiger partial charge in [-0.05, 0) is 6.07 Å². The molecule has 82 valence electrons. The van der Waals surface area contributed by atoms with Gasteiger partial charge in [0.25, 0.3) is 11.7 Å². The van der Waals surface area contributed by atoms with E-state index < -0.39 is 0 Å².